The first-order valence-corrected chi connectivity index (χ1v) is 10.2. The number of carboxylic acids is 1. The number of ether oxygens (including phenoxy) is 1. The van der Waals surface area contributed by atoms with Crippen LogP contribution in [0.25, 0.3) is 5.69 Å². The number of nitrogens with one attached hydrogen (secondary N) is 1. The summed E-state index contributed by atoms with van der Waals surface area (Å²) in [5, 5.41) is 15.9. The molecule has 4 rings (SSSR count). The number of aliphatic carboxylic acids is 1. The van der Waals surface area contributed by atoms with Gasteiger partial charge in [0.1, 0.15) is 17.3 Å². The normalized spacial score (nSPS) is 14.1. The van der Waals surface area contributed by atoms with Crippen molar-refractivity contribution in [3.63, 3.8) is 0 Å². The summed E-state index contributed by atoms with van der Waals surface area (Å²) >= 11 is 0. The summed E-state index contributed by atoms with van der Waals surface area (Å²) in [4.78, 5) is 24.2. The first kappa shape index (κ1) is 21.5. The fraction of sp³-hybridized carbons (Fsp3) is 0.261. The number of aromatic nitrogens is 2. The molecule has 0 radical (unpaired) electrons. The number of halogens is 2. The fourth-order valence-corrected chi connectivity index (χ4v) is 3.26. The second-order valence-electron chi connectivity index (χ2n) is 7.63. The summed E-state index contributed by atoms with van der Waals surface area (Å²) in [7, 11) is 0. The Labute approximate surface area is 182 Å². The first-order valence-electron chi connectivity index (χ1n) is 10.2. The quantitative estimate of drug-likeness (QED) is 0.526. The van der Waals surface area contributed by atoms with E-state index in [4.69, 9.17) is 4.74 Å². The predicted molar refractivity (Wildman–Crippen MR) is 111 cm³/mol. The number of para-hydroxylation sites is 1. The van der Waals surface area contributed by atoms with Gasteiger partial charge in [-0.05, 0) is 37.0 Å². The van der Waals surface area contributed by atoms with Crippen LogP contribution in [0.5, 0.6) is 5.88 Å². The second kappa shape index (κ2) is 9.17. The largest absolute Gasteiger partial charge is 0.481 e. The summed E-state index contributed by atoms with van der Waals surface area (Å²) in [6.45, 7) is 0.415. The highest BCUT2D eigenvalue weighted by atomic mass is 19.1. The van der Waals surface area contributed by atoms with Gasteiger partial charge in [0.05, 0.1) is 19.1 Å². The molecule has 3 aromatic rings. The molecule has 32 heavy (non-hydrogen) atoms. The molecular formula is C23H21F2N3O4. The Morgan fingerprint density at radius 3 is 2.47 bits per heavy atom. The van der Waals surface area contributed by atoms with Gasteiger partial charge in [0, 0.05) is 11.6 Å². The smallest absolute Gasteiger partial charge is 0.305 e. The van der Waals surface area contributed by atoms with E-state index in [9.17, 15) is 23.5 Å². The first-order chi connectivity index (χ1) is 15.4. The molecule has 1 saturated carbocycles. The molecule has 2 aromatic carbocycles. The molecule has 2 N–H and O–H groups in total. The van der Waals surface area contributed by atoms with Crippen molar-refractivity contribution in [1.29, 1.82) is 0 Å². The molecule has 0 saturated heterocycles. The van der Waals surface area contributed by atoms with Crippen LogP contribution in [0.4, 0.5) is 8.78 Å². The van der Waals surface area contributed by atoms with Crippen molar-refractivity contribution in [2.24, 2.45) is 5.92 Å². The summed E-state index contributed by atoms with van der Waals surface area (Å²) in [5.41, 5.74) is 0.0429. The van der Waals surface area contributed by atoms with Gasteiger partial charge in [-0.1, -0.05) is 30.3 Å². The van der Waals surface area contributed by atoms with Crippen LogP contribution in [0.3, 0.4) is 0 Å². The van der Waals surface area contributed by atoms with Gasteiger partial charge in [-0.15, -0.1) is 0 Å². The van der Waals surface area contributed by atoms with Crippen LogP contribution < -0.4 is 10.1 Å². The minimum Gasteiger partial charge on any atom is -0.481 e. The van der Waals surface area contributed by atoms with Gasteiger partial charge >= 0.3 is 5.97 Å². The van der Waals surface area contributed by atoms with E-state index in [1.807, 2.05) is 0 Å². The van der Waals surface area contributed by atoms with Crippen LogP contribution in [-0.2, 0) is 4.79 Å². The molecule has 1 amide bonds. The topological polar surface area (TPSA) is 93.5 Å². The maximum absolute atomic E-state index is 14.4. The summed E-state index contributed by atoms with van der Waals surface area (Å²) in [5.74, 6) is -2.52. The molecule has 0 spiro atoms. The van der Waals surface area contributed by atoms with E-state index in [1.54, 1.807) is 12.1 Å². The molecule has 0 unspecified atom stereocenters. The minimum absolute atomic E-state index is 0.0435. The lowest BCUT2D eigenvalue weighted by Gasteiger charge is -2.17. The lowest BCUT2D eigenvalue weighted by molar-refractivity contribution is -0.137. The number of rotatable bonds is 9. The predicted octanol–water partition coefficient (Wildman–Crippen LogP) is 3.89. The average molecular weight is 441 g/mol. The highest BCUT2D eigenvalue weighted by molar-refractivity contribution is 5.93. The van der Waals surface area contributed by atoms with E-state index in [0.717, 1.165) is 12.8 Å². The zero-order valence-electron chi connectivity index (χ0n) is 17.0. The Morgan fingerprint density at radius 1 is 1.12 bits per heavy atom. The molecule has 7 nitrogen and oxygen atoms in total. The maximum atomic E-state index is 14.4. The minimum atomic E-state index is -1.20. The van der Waals surface area contributed by atoms with Gasteiger partial charge in [-0.2, -0.15) is 9.78 Å². The van der Waals surface area contributed by atoms with Crippen LogP contribution in [0.2, 0.25) is 0 Å². The van der Waals surface area contributed by atoms with Gasteiger partial charge in [0.25, 0.3) is 5.91 Å². The van der Waals surface area contributed by atoms with E-state index in [0.29, 0.717) is 12.5 Å². The highest BCUT2D eigenvalue weighted by Gasteiger charge is 2.26. The molecule has 0 bridgehead atoms. The molecule has 0 aliphatic heterocycles. The summed E-state index contributed by atoms with van der Waals surface area (Å²) in [6.07, 6.45) is 1.56. The van der Waals surface area contributed by atoms with E-state index < -0.39 is 36.0 Å². The number of hydrogen-bond donors (Lipinski definition) is 2. The number of benzene rings is 2. The number of nitrogens with zero attached hydrogens (tertiary/aromatic N) is 2. The van der Waals surface area contributed by atoms with Crippen molar-refractivity contribution in [3.8, 4) is 11.6 Å². The number of hydrogen-bond acceptors (Lipinski definition) is 4. The van der Waals surface area contributed by atoms with Gasteiger partial charge < -0.3 is 15.2 Å². The van der Waals surface area contributed by atoms with E-state index in [1.165, 1.54) is 47.1 Å². The number of amides is 1. The third-order valence-electron chi connectivity index (χ3n) is 5.12. The Hall–Kier alpha value is -3.75. The van der Waals surface area contributed by atoms with Crippen molar-refractivity contribution >= 4 is 11.9 Å². The SMILES string of the molecule is O=C(O)C[C@H](NC(=O)c1cc(OCC2CC2)n(-c2ccccc2F)n1)c1ccccc1F. The highest BCUT2D eigenvalue weighted by Crippen LogP contribution is 2.31. The zero-order chi connectivity index (χ0) is 22.7. The molecule has 1 aromatic heterocycles. The molecule has 1 aliphatic rings. The van der Waals surface area contributed by atoms with Crippen molar-refractivity contribution in [1.82, 2.24) is 15.1 Å². The van der Waals surface area contributed by atoms with Crippen molar-refractivity contribution in [2.75, 3.05) is 6.61 Å². The molecule has 1 atom stereocenters. The van der Waals surface area contributed by atoms with Crippen LogP contribution in [-0.4, -0.2) is 33.4 Å². The number of carbonyl (C=O) groups excluding carboxylic acids is 1. The summed E-state index contributed by atoms with van der Waals surface area (Å²) in [6, 6.07) is 11.8. The molecule has 1 aliphatic carbocycles. The van der Waals surface area contributed by atoms with Crippen molar-refractivity contribution < 1.29 is 28.2 Å². The zero-order valence-corrected chi connectivity index (χ0v) is 17.0. The molecule has 9 heteroatoms. The molecule has 1 heterocycles. The summed E-state index contributed by atoms with van der Waals surface area (Å²) < 4.78 is 35.6. The second-order valence-corrected chi connectivity index (χ2v) is 7.63. The molecule has 1 fully saturated rings. The van der Waals surface area contributed by atoms with E-state index in [-0.39, 0.29) is 22.8 Å². The molecule has 166 valence electrons. The lowest BCUT2D eigenvalue weighted by Crippen LogP contribution is -2.31. The van der Waals surface area contributed by atoms with Crippen LogP contribution in [0.1, 0.15) is 41.4 Å². The Morgan fingerprint density at radius 2 is 1.81 bits per heavy atom. The third-order valence-corrected chi connectivity index (χ3v) is 5.12. The number of carbonyl (C=O) groups is 2. The monoisotopic (exact) mass is 441 g/mol. The van der Waals surface area contributed by atoms with E-state index in [2.05, 4.69) is 10.4 Å². The van der Waals surface area contributed by atoms with Crippen LogP contribution >= 0.6 is 0 Å². The third kappa shape index (κ3) is 4.93. The van der Waals surface area contributed by atoms with Gasteiger partial charge in [-0.3, -0.25) is 9.59 Å². The Balaban J connectivity index is 1.63. The maximum Gasteiger partial charge on any atom is 0.305 e. The van der Waals surface area contributed by atoms with Gasteiger partial charge in [0.2, 0.25) is 5.88 Å². The van der Waals surface area contributed by atoms with Crippen LogP contribution in [0.15, 0.2) is 54.6 Å². The van der Waals surface area contributed by atoms with Crippen molar-refractivity contribution in [3.05, 3.63) is 77.5 Å². The lowest BCUT2D eigenvalue weighted by atomic mass is 10.0. The van der Waals surface area contributed by atoms with E-state index >= 15 is 0 Å². The van der Waals surface area contributed by atoms with Crippen LogP contribution in [0, 0.1) is 17.6 Å². The average Bonchev–Trinajstić information content (AvgIpc) is 3.50. The van der Waals surface area contributed by atoms with Gasteiger partial charge in [-0.25, -0.2) is 8.78 Å². The number of carboxylic acid groups (broad SMARTS) is 1. The Kier molecular flexibility index (Phi) is 6.16. The Bertz CT molecular complexity index is 1140. The molecular weight excluding hydrogens is 420 g/mol. The standard InChI is InChI=1S/C23H21F2N3O4/c24-16-6-2-1-5-15(16)18(12-22(29)30)26-23(31)19-11-21(32-13-14-9-10-14)28(27-19)20-8-4-3-7-17(20)25/h1-8,11,14,18H,9-10,12-13H2,(H,26,31)(H,29,30)/t18-/m0/s1. The fourth-order valence-electron chi connectivity index (χ4n) is 3.26. The van der Waals surface area contributed by atoms with Gasteiger partial charge in [0.15, 0.2) is 5.69 Å². The van der Waals surface area contributed by atoms with Crippen molar-refractivity contribution in [2.45, 2.75) is 25.3 Å².